The number of nitrogens with one attached hydrogen (secondary N) is 1. The van der Waals surface area contributed by atoms with Crippen molar-refractivity contribution in [3.8, 4) is 11.5 Å². The van der Waals surface area contributed by atoms with Crippen molar-refractivity contribution >= 4 is 11.8 Å². The topological polar surface area (TPSA) is 78.9 Å². The van der Waals surface area contributed by atoms with Crippen LogP contribution in [0.15, 0.2) is 18.2 Å². The number of imide groups is 1. The summed E-state index contributed by atoms with van der Waals surface area (Å²) in [5, 5.41) is 12.8. The Kier molecular flexibility index (Phi) is 4.24. The van der Waals surface area contributed by atoms with Crippen molar-refractivity contribution in [1.82, 2.24) is 10.2 Å². The van der Waals surface area contributed by atoms with E-state index in [0.717, 1.165) is 10.5 Å². The molecule has 1 saturated heterocycles. The van der Waals surface area contributed by atoms with Crippen molar-refractivity contribution in [1.29, 1.82) is 0 Å². The van der Waals surface area contributed by atoms with Gasteiger partial charge in [-0.2, -0.15) is 0 Å². The average Bonchev–Trinajstić information content (AvgIpc) is 2.44. The zero-order valence-electron chi connectivity index (χ0n) is 11.5. The third-order valence-corrected chi connectivity index (χ3v) is 3.45. The molecule has 1 unspecified atom stereocenters. The molecule has 1 aromatic carbocycles. The minimum absolute atomic E-state index is 0.0640. The molecule has 1 aliphatic heterocycles. The Balaban J connectivity index is 1.97. The predicted octanol–water partition coefficient (Wildman–Crippen LogP) is 0.638. The van der Waals surface area contributed by atoms with Gasteiger partial charge in [0.25, 0.3) is 0 Å². The highest BCUT2D eigenvalue weighted by Gasteiger charge is 2.31. The summed E-state index contributed by atoms with van der Waals surface area (Å²) in [4.78, 5) is 24.4. The highest BCUT2D eigenvalue weighted by Crippen LogP contribution is 2.26. The molecule has 1 aliphatic rings. The van der Waals surface area contributed by atoms with Crippen molar-refractivity contribution in [2.75, 3.05) is 14.2 Å². The number of nitrogens with zero attached hydrogens (tertiary/aromatic N) is 1. The number of aromatic hydroxyl groups is 1. The van der Waals surface area contributed by atoms with Crippen LogP contribution in [0.2, 0.25) is 0 Å². The van der Waals surface area contributed by atoms with E-state index in [-0.39, 0.29) is 23.6 Å². The van der Waals surface area contributed by atoms with Gasteiger partial charge in [0, 0.05) is 20.0 Å². The number of ether oxygens (including phenoxy) is 1. The second-order valence-electron chi connectivity index (χ2n) is 4.77. The monoisotopic (exact) mass is 278 g/mol. The van der Waals surface area contributed by atoms with Gasteiger partial charge in [-0.15, -0.1) is 0 Å². The summed E-state index contributed by atoms with van der Waals surface area (Å²) in [6.45, 7) is 0.440. The van der Waals surface area contributed by atoms with Gasteiger partial charge in [-0.1, -0.05) is 6.07 Å². The Labute approximate surface area is 117 Å². The molecule has 6 nitrogen and oxygen atoms in total. The Morgan fingerprint density at radius 3 is 2.85 bits per heavy atom. The maximum absolute atomic E-state index is 11.9. The van der Waals surface area contributed by atoms with E-state index in [1.165, 1.54) is 14.2 Å². The minimum atomic E-state index is -0.359. The highest BCUT2D eigenvalue weighted by atomic mass is 16.5. The summed E-state index contributed by atoms with van der Waals surface area (Å²) in [6, 6.07) is 4.72. The van der Waals surface area contributed by atoms with E-state index in [1.807, 2.05) is 6.07 Å². The van der Waals surface area contributed by atoms with Gasteiger partial charge >= 0.3 is 0 Å². The standard InChI is InChI=1S/C14H18N2O4/c1-16-13(18)6-4-10(14(16)19)15-8-9-3-5-12(20-2)11(17)7-9/h3,5,7,10,15,17H,4,6,8H2,1-2H3. The smallest absolute Gasteiger partial charge is 0.246 e. The molecule has 0 saturated carbocycles. The van der Waals surface area contributed by atoms with Crippen LogP contribution in [0.5, 0.6) is 11.5 Å². The van der Waals surface area contributed by atoms with Crippen molar-refractivity contribution in [2.24, 2.45) is 0 Å². The van der Waals surface area contributed by atoms with Gasteiger partial charge in [0.1, 0.15) is 0 Å². The Hall–Kier alpha value is -2.08. The van der Waals surface area contributed by atoms with Crippen LogP contribution >= 0.6 is 0 Å². The zero-order chi connectivity index (χ0) is 14.7. The molecule has 20 heavy (non-hydrogen) atoms. The zero-order valence-corrected chi connectivity index (χ0v) is 11.5. The number of methoxy groups -OCH3 is 1. The van der Waals surface area contributed by atoms with Crippen LogP contribution in [0.3, 0.4) is 0 Å². The van der Waals surface area contributed by atoms with Crippen LogP contribution in [0.4, 0.5) is 0 Å². The van der Waals surface area contributed by atoms with Crippen molar-refractivity contribution in [2.45, 2.75) is 25.4 Å². The second-order valence-corrected chi connectivity index (χ2v) is 4.77. The molecule has 2 N–H and O–H groups in total. The molecule has 1 aromatic rings. The molecule has 2 rings (SSSR count). The molecule has 1 atom stereocenters. The fourth-order valence-electron chi connectivity index (χ4n) is 2.19. The minimum Gasteiger partial charge on any atom is -0.504 e. The summed E-state index contributed by atoms with van der Waals surface area (Å²) >= 11 is 0. The summed E-state index contributed by atoms with van der Waals surface area (Å²) in [5.74, 6) is 0.121. The molecule has 0 aromatic heterocycles. The lowest BCUT2D eigenvalue weighted by Gasteiger charge is -2.28. The van der Waals surface area contributed by atoms with Crippen LogP contribution in [0.25, 0.3) is 0 Å². The fraction of sp³-hybridized carbons (Fsp3) is 0.429. The lowest BCUT2D eigenvalue weighted by atomic mass is 10.0. The van der Waals surface area contributed by atoms with Crippen LogP contribution in [0.1, 0.15) is 18.4 Å². The number of phenolic OH excluding ortho intramolecular Hbond substituents is 1. The highest BCUT2D eigenvalue weighted by molar-refractivity contribution is 6.00. The number of carbonyl (C=O) groups excluding carboxylic acids is 2. The second kappa shape index (κ2) is 5.92. The number of piperidine rings is 1. The van der Waals surface area contributed by atoms with E-state index < -0.39 is 0 Å². The van der Waals surface area contributed by atoms with Gasteiger partial charge in [-0.25, -0.2) is 0 Å². The van der Waals surface area contributed by atoms with Crippen LogP contribution in [0, 0.1) is 0 Å². The molecular formula is C14H18N2O4. The predicted molar refractivity (Wildman–Crippen MR) is 72.3 cm³/mol. The molecule has 0 bridgehead atoms. The molecule has 0 aliphatic carbocycles. The first-order chi connectivity index (χ1) is 9.52. The Morgan fingerprint density at radius 2 is 2.20 bits per heavy atom. The molecule has 6 heteroatoms. The average molecular weight is 278 g/mol. The summed E-state index contributed by atoms with van der Waals surface area (Å²) in [5.41, 5.74) is 0.843. The first kappa shape index (κ1) is 14.3. The Morgan fingerprint density at radius 1 is 1.45 bits per heavy atom. The maximum Gasteiger partial charge on any atom is 0.246 e. The first-order valence-electron chi connectivity index (χ1n) is 6.42. The number of phenols is 1. The van der Waals surface area contributed by atoms with E-state index in [9.17, 15) is 14.7 Å². The SMILES string of the molecule is COc1ccc(CNC2CCC(=O)N(C)C2=O)cc1O. The van der Waals surface area contributed by atoms with E-state index in [0.29, 0.717) is 25.1 Å². The van der Waals surface area contributed by atoms with E-state index in [2.05, 4.69) is 5.32 Å². The molecule has 0 spiro atoms. The number of likely N-dealkylation sites (N-methyl/N-ethyl adjacent to an activating group) is 1. The van der Waals surface area contributed by atoms with E-state index >= 15 is 0 Å². The van der Waals surface area contributed by atoms with Crippen molar-refractivity contribution in [3.05, 3.63) is 23.8 Å². The maximum atomic E-state index is 11.9. The molecule has 0 radical (unpaired) electrons. The van der Waals surface area contributed by atoms with Crippen LogP contribution < -0.4 is 10.1 Å². The normalized spacial score (nSPS) is 19.3. The summed E-state index contributed by atoms with van der Waals surface area (Å²) < 4.78 is 4.97. The van der Waals surface area contributed by atoms with Crippen LogP contribution in [-0.2, 0) is 16.1 Å². The van der Waals surface area contributed by atoms with Crippen LogP contribution in [-0.4, -0.2) is 42.0 Å². The third-order valence-electron chi connectivity index (χ3n) is 3.45. The number of hydrogen-bond donors (Lipinski definition) is 2. The third kappa shape index (κ3) is 2.91. The van der Waals surface area contributed by atoms with Crippen molar-refractivity contribution in [3.63, 3.8) is 0 Å². The molecule has 2 amide bonds. The summed E-state index contributed by atoms with van der Waals surface area (Å²) in [7, 11) is 2.98. The molecule has 1 heterocycles. The summed E-state index contributed by atoms with van der Waals surface area (Å²) in [6.07, 6.45) is 0.873. The van der Waals surface area contributed by atoms with E-state index in [4.69, 9.17) is 4.74 Å². The fourth-order valence-corrected chi connectivity index (χ4v) is 2.19. The number of carbonyl (C=O) groups is 2. The lowest BCUT2D eigenvalue weighted by molar-refractivity contribution is -0.148. The quantitative estimate of drug-likeness (QED) is 0.790. The van der Waals surface area contributed by atoms with Gasteiger partial charge in [-0.05, 0) is 24.1 Å². The number of amides is 2. The van der Waals surface area contributed by atoms with Crippen molar-refractivity contribution < 1.29 is 19.4 Å². The largest absolute Gasteiger partial charge is 0.504 e. The van der Waals surface area contributed by atoms with Gasteiger partial charge in [0.2, 0.25) is 11.8 Å². The van der Waals surface area contributed by atoms with Gasteiger partial charge < -0.3 is 15.2 Å². The van der Waals surface area contributed by atoms with Gasteiger partial charge in [0.05, 0.1) is 13.2 Å². The first-order valence-corrected chi connectivity index (χ1v) is 6.42. The van der Waals surface area contributed by atoms with Gasteiger partial charge in [0.15, 0.2) is 11.5 Å². The number of rotatable bonds is 4. The molecular weight excluding hydrogens is 260 g/mol. The number of benzene rings is 1. The molecule has 108 valence electrons. The number of hydrogen-bond acceptors (Lipinski definition) is 5. The van der Waals surface area contributed by atoms with E-state index in [1.54, 1.807) is 12.1 Å². The van der Waals surface area contributed by atoms with Gasteiger partial charge in [-0.3, -0.25) is 14.5 Å². The molecule has 1 fully saturated rings. The Bertz CT molecular complexity index is 530. The number of likely N-dealkylation sites (tertiary alicyclic amines) is 1. The lowest BCUT2D eigenvalue weighted by Crippen LogP contribution is -2.51.